The molecule has 0 aliphatic carbocycles. The average Bonchev–Trinajstić information content (AvgIpc) is 2.50. The van der Waals surface area contributed by atoms with Crippen molar-refractivity contribution in [3.8, 4) is 22.6 Å². The van der Waals surface area contributed by atoms with Crippen LogP contribution in [0.1, 0.15) is 11.1 Å². The molecule has 0 atom stereocenters. The van der Waals surface area contributed by atoms with E-state index in [1.54, 1.807) is 6.07 Å². The first-order valence-electron chi connectivity index (χ1n) is 6.82. The van der Waals surface area contributed by atoms with Gasteiger partial charge < -0.3 is 0 Å². The summed E-state index contributed by atoms with van der Waals surface area (Å²) >= 11 is 6.19. The van der Waals surface area contributed by atoms with Crippen LogP contribution in [0.2, 0.25) is 5.15 Å². The van der Waals surface area contributed by atoms with Crippen molar-refractivity contribution in [2.75, 3.05) is 0 Å². The molecule has 3 heteroatoms. The number of hydrogen-bond donors (Lipinski definition) is 0. The Hall–Kier alpha value is -2.19. The number of halogens is 1. The summed E-state index contributed by atoms with van der Waals surface area (Å²) in [6.07, 6.45) is 0. The molecule has 0 radical (unpaired) electrons. The van der Waals surface area contributed by atoms with Crippen LogP contribution >= 0.6 is 11.6 Å². The summed E-state index contributed by atoms with van der Waals surface area (Å²) in [5.41, 5.74) is 5.30. The second kappa shape index (κ2) is 5.66. The van der Waals surface area contributed by atoms with Crippen LogP contribution in [0.4, 0.5) is 0 Å². The Bertz CT molecular complexity index is 782. The topological polar surface area (TPSA) is 25.8 Å². The molecule has 0 bridgehead atoms. The smallest absolute Gasteiger partial charge is 0.161 e. The predicted molar refractivity (Wildman–Crippen MR) is 87.4 cm³/mol. The van der Waals surface area contributed by atoms with Crippen LogP contribution in [0.3, 0.4) is 0 Å². The summed E-state index contributed by atoms with van der Waals surface area (Å²) in [5.74, 6) is 0.669. The zero-order chi connectivity index (χ0) is 14.8. The monoisotopic (exact) mass is 294 g/mol. The van der Waals surface area contributed by atoms with Crippen LogP contribution in [-0.2, 0) is 0 Å². The van der Waals surface area contributed by atoms with Crippen LogP contribution in [-0.4, -0.2) is 9.97 Å². The predicted octanol–water partition coefficient (Wildman–Crippen LogP) is 5.08. The van der Waals surface area contributed by atoms with E-state index in [-0.39, 0.29) is 0 Å². The summed E-state index contributed by atoms with van der Waals surface area (Å²) in [5, 5.41) is 0.458. The molecule has 0 spiro atoms. The molecule has 0 amide bonds. The largest absolute Gasteiger partial charge is 0.228 e. The zero-order valence-corrected chi connectivity index (χ0v) is 12.7. The Morgan fingerprint density at radius 1 is 0.857 bits per heavy atom. The third-order valence-corrected chi connectivity index (χ3v) is 3.80. The van der Waals surface area contributed by atoms with E-state index in [9.17, 15) is 0 Å². The summed E-state index contributed by atoms with van der Waals surface area (Å²) in [4.78, 5) is 9.07. The van der Waals surface area contributed by atoms with Gasteiger partial charge in [-0.05, 0) is 25.0 Å². The van der Waals surface area contributed by atoms with Gasteiger partial charge in [-0.15, -0.1) is 0 Å². The number of aromatic nitrogens is 2. The van der Waals surface area contributed by atoms with Crippen molar-refractivity contribution in [2.45, 2.75) is 13.8 Å². The lowest BCUT2D eigenvalue weighted by Crippen LogP contribution is -1.96. The summed E-state index contributed by atoms with van der Waals surface area (Å²) in [6, 6.07) is 17.9. The van der Waals surface area contributed by atoms with Gasteiger partial charge in [-0.25, -0.2) is 9.97 Å². The highest BCUT2D eigenvalue weighted by Gasteiger charge is 2.10. The van der Waals surface area contributed by atoms with Gasteiger partial charge in [0.25, 0.3) is 0 Å². The van der Waals surface area contributed by atoms with Gasteiger partial charge in [0, 0.05) is 17.2 Å². The van der Waals surface area contributed by atoms with Crippen molar-refractivity contribution in [3.05, 3.63) is 70.9 Å². The molecule has 1 heterocycles. The maximum Gasteiger partial charge on any atom is 0.161 e. The van der Waals surface area contributed by atoms with Crippen molar-refractivity contribution in [2.24, 2.45) is 0 Å². The van der Waals surface area contributed by atoms with Crippen molar-refractivity contribution in [1.29, 1.82) is 0 Å². The van der Waals surface area contributed by atoms with Crippen molar-refractivity contribution >= 4 is 11.6 Å². The zero-order valence-electron chi connectivity index (χ0n) is 12.0. The number of benzene rings is 2. The molecule has 0 unspecified atom stereocenters. The normalized spacial score (nSPS) is 10.6. The van der Waals surface area contributed by atoms with E-state index >= 15 is 0 Å². The molecule has 21 heavy (non-hydrogen) atoms. The van der Waals surface area contributed by atoms with Crippen LogP contribution in [0.25, 0.3) is 22.6 Å². The van der Waals surface area contributed by atoms with Gasteiger partial charge in [-0.1, -0.05) is 60.1 Å². The SMILES string of the molecule is Cc1cccc(-c2nc(Cl)cc(-c3ccccc3)n2)c1C. The Kier molecular flexibility index (Phi) is 3.72. The maximum atomic E-state index is 6.19. The highest BCUT2D eigenvalue weighted by molar-refractivity contribution is 6.29. The van der Waals surface area contributed by atoms with Gasteiger partial charge in [-0.3, -0.25) is 0 Å². The quantitative estimate of drug-likeness (QED) is 0.616. The Balaban J connectivity index is 2.17. The van der Waals surface area contributed by atoms with E-state index in [0.29, 0.717) is 11.0 Å². The van der Waals surface area contributed by atoms with E-state index in [1.165, 1.54) is 11.1 Å². The van der Waals surface area contributed by atoms with Crippen LogP contribution in [0, 0.1) is 13.8 Å². The second-order valence-electron chi connectivity index (χ2n) is 5.01. The lowest BCUT2D eigenvalue weighted by atomic mass is 10.0. The first-order valence-corrected chi connectivity index (χ1v) is 7.19. The minimum atomic E-state index is 0.458. The lowest BCUT2D eigenvalue weighted by Gasteiger charge is -2.09. The molecule has 0 fully saturated rings. The van der Waals surface area contributed by atoms with Crippen LogP contribution in [0.5, 0.6) is 0 Å². The highest BCUT2D eigenvalue weighted by atomic mass is 35.5. The lowest BCUT2D eigenvalue weighted by molar-refractivity contribution is 1.16. The van der Waals surface area contributed by atoms with Gasteiger partial charge in [0.2, 0.25) is 0 Å². The van der Waals surface area contributed by atoms with E-state index in [4.69, 9.17) is 11.6 Å². The fourth-order valence-corrected chi connectivity index (χ4v) is 2.47. The Labute approximate surface area is 129 Å². The van der Waals surface area contributed by atoms with Gasteiger partial charge >= 0.3 is 0 Å². The minimum absolute atomic E-state index is 0.458. The van der Waals surface area contributed by atoms with E-state index in [1.807, 2.05) is 42.5 Å². The van der Waals surface area contributed by atoms with Crippen LogP contribution in [0.15, 0.2) is 54.6 Å². The molecule has 0 aliphatic rings. The third kappa shape index (κ3) is 2.81. The standard InChI is InChI=1S/C18H15ClN2/c1-12-7-6-10-15(13(12)2)18-20-16(11-17(19)21-18)14-8-4-3-5-9-14/h3-11H,1-2H3. The van der Waals surface area contributed by atoms with Crippen molar-refractivity contribution < 1.29 is 0 Å². The molecular weight excluding hydrogens is 280 g/mol. The molecule has 3 aromatic rings. The molecule has 2 nitrogen and oxygen atoms in total. The fourth-order valence-electron chi connectivity index (χ4n) is 2.29. The van der Waals surface area contributed by atoms with Gasteiger partial charge in [0.1, 0.15) is 5.15 Å². The maximum absolute atomic E-state index is 6.19. The van der Waals surface area contributed by atoms with E-state index < -0.39 is 0 Å². The van der Waals surface area contributed by atoms with Crippen molar-refractivity contribution in [1.82, 2.24) is 9.97 Å². The molecule has 3 rings (SSSR count). The Morgan fingerprint density at radius 2 is 1.62 bits per heavy atom. The molecule has 2 aromatic carbocycles. The van der Waals surface area contributed by atoms with Crippen LogP contribution < -0.4 is 0 Å². The summed E-state index contributed by atoms with van der Waals surface area (Å²) in [7, 11) is 0. The minimum Gasteiger partial charge on any atom is -0.228 e. The number of rotatable bonds is 2. The molecular formula is C18H15ClN2. The molecule has 1 aromatic heterocycles. The third-order valence-electron chi connectivity index (χ3n) is 3.61. The van der Waals surface area contributed by atoms with E-state index in [2.05, 4.69) is 29.9 Å². The number of aryl methyl sites for hydroxylation is 1. The molecule has 0 aliphatic heterocycles. The van der Waals surface area contributed by atoms with Crippen molar-refractivity contribution in [3.63, 3.8) is 0 Å². The molecule has 104 valence electrons. The average molecular weight is 295 g/mol. The number of hydrogen-bond acceptors (Lipinski definition) is 2. The molecule has 0 saturated heterocycles. The highest BCUT2D eigenvalue weighted by Crippen LogP contribution is 2.27. The van der Waals surface area contributed by atoms with Gasteiger partial charge in [0.15, 0.2) is 5.82 Å². The first-order chi connectivity index (χ1) is 10.1. The summed E-state index contributed by atoms with van der Waals surface area (Å²) in [6.45, 7) is 4.17. The van der Waals surface area contributed by atoms with Gasteiger partial charge in [-0.2, -0.15) is 0 Å². The molecule has 0 N–H and O–H groups in total. The van der Waals surface area contributed by atoms with Gasteiger partial charge in [0.05, 0.1) is 5.69 Å². The number of nitrogens with zero attached hydrogens (tertiary/aromatic N) is 2. The Morgan fingerprint density at radius 3 is 2.38 bits per heavy atom. The molecule has 0 saturated carbocycles. The summed E-state index contributed by atoms with van der Waals surface area (Å²) < 4.78 is 0. The van der Waals surface area contributed by atoms with E-state index in [0.717, 1.165) is 16.8 Å². The fraction of sp³-hybridized carbons (Fsp3) is 0.111. The first kappa shape index (κ1) is 13.8. The second-order valence-corrected chi connectivity index (χ2v) is 5.40.